The van der Waals surface area contributed by atoms with E-state index in [0.29, 0.717) is 11.1 Å². The van der Waals surface area contributed by atoms with Gasteiger partial charge in [0.2, 0.25) is 5.43 Å². The summed E-state index contributed by atoms with van der Waals surface area (Å²) in [6.07, 6.45) is 2.92. The average Bonchev–Trinajstić information content (AvgIpc) is 3.54. The number of anilines is 2. The van der Waals surface area contributed by atoms with Crippen LogP contribution in [-0.2, 0) is 4.79 Å². The van der Waals surface area contributed by atoms with Gasteiger partial charge in [-0.05, 0) is 24.5 Å². The number of fused-ring (bicyclic) bond motifs is 3. The molecule has 5 rings (SSSR count). The summed E-state index contributed by atoms with van der Waals surface area (Å²) >= 11 is 0. The van der Waals surface area contributed by atoms with Gasteiger partial charge in [0.25, 0.3) is 5.91 Å². The van der Waals surface area contributed by atoms with Crippen molar-refractivity contribution in [3.63, 3.8) is 0 Å². The molecule has 1 amide bonds. The van der Waals surface area contributed by atoms with Crippen molar-refractivity contribution >= 4 is 34.2 Å². The van der Waals surface area contributed by atoms with Crippen LogP contribution < -0.4 is 16.1 Å². The molecule has 1 aliphatic carbocycles. The smallest absolute Gasteiger partial charge is 0.341 e. The Kier molecular flexibility index (Phi) is 3.70. The summed E-state index contributed by atoms with van der Waals surface area (Å²) in [7, 11) is 0. The standard InChI is InChI=1S/C21H16FN3O4/c22-14-8-12-18(25(11-6-7-11)9-13(19(12)26)21(28)29)17-16(14)23-15(20(27)24-17)10-4-2-1-3-5-10/h1-5,8-9,11,15,23H,6-7H2,(H,24,27)(H,28,29)/t15-/m0/s1. The van der Waals surface area contributed by atoms with Crippen molar-refractivity contribution in [1.29, 1.82) is 0 Å². The Bertz CT molecular complexity index is 1250. The third-order valence-electron chi connectivity index (χ3n) is 5.37. The lowest BCUT2D eigenvalue weighted by atomic mass is 10.0. The fraction of sp³-hybridized carbons (Fsp3) is 0.190. The topological polar surface area (TPSA) is 100 Å². The van der Waals surface area contributed by atoms with Crippen LogP contribution in [0.25, 0.3) is 10.9 Å². The lowest BCUT2D eigenvalue weighted by molar-refractivity contribution is -0.117. The van der Waals surface area contributed by atoms with Gasteiger partial charge in [0.1, 0.15) is 17.4 Å². The Balaban J connectivity index is 1.77. The lowest BCUT2D eigenvalue weighted by Gasteiger charge is -2.29. The number of hydrogen-bond acceptors (Lipinski definition) is 4. The molecular weight excluding hydrogens is 377 g/mol. The number of amides is 1. The van der Waals surface area contributed by atoms with Gasteiger partial charge in [0.05, 0.1) is 22.3 Å². The van der Waals surface area contributed by atoms with E-state index in [1.807, 2.05) is 6.07 Å². The van der Waals surface area contributed by atoms with Crippen LogP contribution in [0.3, 0.4) is 0 Å². The second kappa shape index (κ2) is 6.16. The van der Waals surface area contributed by atoms with Gasteiger partial charge in [-0.3, -0.25) is 9.59 Å². The van der Waals surface area contributed by atoms with Crippen LogP contribution in [0, 0.1) is 5.82 Å². The predicted molar refractivity (Wildman–Crippen MR) is 105 cm³/mol. The zero-order valence-electron chi connectivity index (χ0n) is 15.1. The number of nitrogens with one attached hydrogen (secondary N) is 2. The number of nitrogens with zero attached hydrogens (tertiary/aromatic N) is 1. The Labute approximate surface area is 163 Å². The van der Waals surface area contributed by atoms with Crippen molar-refractivity contribution in [2.45, 2.75) is 24.9 Å². The Morgan fingerprint density at radius 2 is 1.86 bits per heavy atom. The van der Waals surface area contributed by atoms with Crippen molar-refractivity contribution in [2.75, 3.05) is 10.6 Å². The summed E-state index contributed by atoms with van der Waals surface area (Å²) < 4.78 is 16.6. The minimum absolute atomic E-state index is 0.00881. The number of rotatable bonds is 3. The van der Waals surface area contributed by atoms with E-state index >= 15 is 0 Å². The fourth-order valence-corrected chi connectivity index (χ4v) is 3.83. The third kappa shape index (κ3) is 2.67. The molecule has 0 unspecified atom stereocenters. The first-order valence-corrected chi connectivity index (χ1v) is 9.22. The molecule has 2 heterocycles. The van der Waals surface area contributed by atoms with Crippen LogP contribution in [0.2, 0.25) is 0 Å². The first-order chi connectivity index (χ1) is 14.0. The molecule has 29 heavy (non-hydrogen) atoms. The number of halogens is 1. The van der Waals surface area contributed by atoms with E-state index in [2.05, 4.69) is 10.6 Å². The van der Waals surface area contributed by atoms with E-state index in [1.165, 1.54) is 6.20 Å². The monoisotopic (exact) mass is 393 g/mol. The van der Waals surface area contributed by atoms with E-state index in [0.717, 1.165) is 18.9 Å². The van der Waals surface area contributed by atoms with Crippen LogP contribution in [0.1, 0.15) is 40.8 Å². The molecule has 2 aromatic carbocycles. The van der Waals surface area contributed by atoms with E-state index in [1.54, 1.807) is 28.8 Å². The van der Waals surface area contributed by atoms with Gasteiger partial charge in [0, 0.05) is 12.2 Å². The Morgan fingerprint density at radius 1 is 1.14 bits per heavy atom. The first-order valence-electron chi connectivity index (χ1n) is 9.22. The van der Waals surface area contributed by atoms with Crippen molar-refractivity contribution in [1.82, 2.24) is 4.57 Å². The van der Waals surface area contributed by atoms with Crippen molar-refractivity contribution < 1.29 is 19.1 Å². The number of aromatic nitrogens is 1. The first kappa shape index (κ1) is 17.4. The number of carboxylic acid groups (broad SMARTS) is 1. The van der Waals surface area contributed by atoms with E-state index in [4.69, 9.17) is 0 Å². The maximum atomic E-state index is 15.0. The molecule has 1 saturated carbocycles. The zero-order chi connectivity index (χ0) is 20.3. The largest absolute Gasteiger partial charge is 0.477 e. The maximum absolute atomic E-state index is 15.0. The second-order valence-electron chi connectivity index (χ2n) is 7.30. The van der Waals surface area contributed by atoms with Gasteiger partial charge in [0.15, 0.2) is 0 Å². The van der Waals surface area contributed by atoms with E-state index in [9.17, 15) is 23.9 Å². The molecule has 1 aromatic heterocycles. The number of carboxylic acids is 1. The molecular formula is C21H16FN3O4. The average molecular weight is 393 g/mol. The highest BCUT2D eigenvalue weighted by atomic mass is 19.1. The highest BCUT2D eigenvalue weighted by Crippen LogP contribution is 2.43. The van der Waals surface area contributed by atoms with Gasteiger partial charge in [-0.25, -0.2) is 9.18 Å². The third-order valence-corrected chi connectivity index (χ3v) is 5.37. The van der Waals surface area contributed by atoms with Crippen molar-refractivity contribution in [3.05, 3.63) is 69.8 Å². The number of aromatic carboxylic acids is 1. The quantitative estimate of drug-likeness (QED) is 0.634. The fourth-order valence-electron chi connectivity index (χ4n) is 3.83. The summed E-state index contributed by atoms with van der Waals surface area (Å²) in [5.41, 5.74) is 0.0784. The molecule has 3 aromatic rings. The van der Waals surface area contributed by atoms with Crippen molar-refractivity contribution in [3.8, 4) is 0 Å². The number of carbonyl (C=O) groups excluding carboxylic acids is 1. The molecule has 146 valence electrons. The van der Waals surface area contributed by atoms with Crippen LogP contribution in [0.5, 0.6) is 0 Å². The SMILES string of the molecule is O=C(O)c1cn(C2CC2)c2c3c(c(F)cc2c1=O)N[C@@H](c1ccccc1)C(=O)N3. The molecule has 1 aliphatic heterocycles. The number of pyridine rings is 1. The van der Waals surface area contributed by atoms with Crippen LogP contribution in [-0.4, -0.2) is 21.6 Å². The zero-order valence-corrected chi connectivity index (χ0v) is 15.1. The van der Waals surface area contributed by atoms with E-state index < -0.39 is 28.8 Å². The normalized spacial score (nSPS) is 18.1. The van der Waals surface area contributed by atoms with Gasteiger partial charge in [-0.1, -0.05) is 30.3 Å². The molecule has 0 radical (unpaired) electrons. The minimum Gasteiger partial charge on any atom is -0.477 e. The van der Waals surface area contributed by atoms with Gasteiger partial charge in [-0.2, -0.15) is 0 Å². The number of hydrogen-bond donors (Lipinski definition) is 3. The molecule has 3 N–H and O–H groups in total. The highest BCUT2D eigenvalue weighted by Gasteiger charge is 2.34. The molecule has 1 atom stereocenters. The minimum atomic E-state index is -1.37. The van der Waals surface area contributed by atoms with Crippen LogP contribution in [0.15, 0.2) is 47.4 Å². The molecule has 8 heteroatoms. The van der Waals surface area contributed by atoms with Crippen LogP contribution >= 0.6 is 0 Å². The molecule has 7 nitrogen and oxygen atoms in total. The molecule has 0 bridgehead atoms. The van der Waals surface area contributed by atoms with Gasteiger partial charge >= 0.3 is 5.97 Å². The lowest BCUT2D eigenvalue weighted by Crippen LogP contribution is -2.33. The molecule has 0 spiro atoms. The Hall–Kier alpha value is -3.68. The molecule has 0 saturated heterocycles. The number of benzene rings is 2. The summed E-state index contributed by atoms with van der Waals surface area (Å²) in [6.45, 7) is 0. The predicted octanol–water partition coefficient (Wildman–Crippen LogP) is 3.28. The summed E-state index contributed by atoms with van der Waals surface area (Å²) in [6, 6.07) is 9.20. The molecule has 1 fully saturated rings. The summed E-state index contributed by atoms with van der Waals surface area (Å²) in [5, 5.41) is 15.0. The van der Waals surface area contributed by atoms with Crippen LogP contribution in [0.4, 0.5) is 15.8 Å². The number of carbonyl (C=O) groups is 2. The van der Waals surface area contributed by atoms with Crippen molar-refractivity contribution in [2.24, 2.45) is 0 Å². The maximum Gasteiger partial charge on any atom is 0.341 e. The van der Waals surface area contributed by atoms with Gasteiger partial charge < -0.3 is 20.3 Å². The highest BCUT2D eigenvalue weighted by molar-refractivity contribution is 6.12. The van der Waals surface area contributed by atoms with Gasteiger partial charge in [-0.15, -0.1) is 0 Å². The summed E-state index contributed by atoms with van der Waals surface area (Å²) in [5.74, 6) is -2.47. The van der Waals surface area contributed by atoms with E-state index in [-0.39, 0.29) is 28.7 Å². The Morgan fingerprint density at radius 3 is 2.52 bits per heavy atom. The summed E-state index contributed by atoms with van der Waals surface area (Å²) in [4.78, 5) is 37.0. The second-order valence-corrected chi connectivity index (χ2v) is 7.30. The molecule has 2 aliphatic rings.